The van der Waals surface area contributed by atoms with Crippen LogP contribution < -0.4 is 9.80 Å². The molecule has 88 heavy (non-hydrogen) atoms. The summed E-state index contributed by atoms with van der Waals surface area (Å²) in [7, 11) is 0. The molecule has 16 aromatic rings. The van der Waals surface area contributed by atoms with Crippen molar-refractivity contribution in [2.45, 2.75) is 0 Å². The van der Waals surface area contributed by atoms with Crippen LogP contribution in [0, 0.1) is 0 Å². The number of thiophene rings is 1. The molecule has 0 N–H and O–H groups in total. The lowest BCUT2D eigenvalue weighted by Gasteiger charge is -2.31. The second-order valence-corrected chi connectivity index (χ2v) is 23.6. The molecule has 0 atom stereocenters. The number of fused-ring (bicyclic) bond motifs is 6. The van der Waals surface area contributed by atoms with Gasteiger partial charge in [-0.15, -0.1) is 11.3 Å². The van der Waals surface area contributed by atoms with Gasteiger partial charge in [0.05, 0.1) is 0 Å². The number of furan rings is 1. The molecule has 0 unspecified atom stereocenters. The SMILES string of the molecule is c1ccc(-c2ccc(N(c3ccc(-c4ccccc4)cc3)c3cc(-c4cc(-c5ccc6oc7ccccc7c6c5)cc(-c5ccc6sc7ccccc7c6c5)c4)cc(N(c4ccc(-c5ccccc5)cc4)c4ccc(-c5ccccc5)cc4)c3)cc2)cc1. The number of hydrogen-bond acceptors (Lipinski definition) is 4. The second-order valence-electron chi connectivity index (χ2n) is 22.5. The molecule has 0 fully saturated rings. The Morgan fingerprint density at radius 3 is 0.955 bits per heavy atom. The Morgan fingerprint density at radius 1 is 0.182 bits per heavy atom. The highest BCUT2D eigenvalue weighted by molar-refractivity contribution is 7.25. The summed E-state index contributed by atoms with van der Waals surface area (Å²) < 4.78 is 8.99. The van der Waals surface area contributed by atoms with Crippen LogP contribution in [0.1, 0.15) is 0 Å². The van der Waals surface area contributed by atoms with E-state index < -0.39 is 0 Å². The fourth-order valence-electron chi connectivity index (χ4n) is 12.6. The Balaban J connectivity index is 0.947. The molecule has 14 aromatic carbocycles. The molecular weight excluding hydrogens is 1090 g/mol. The zero-order valence-electron chi connectivity index (χ0n) is 48.0. The molecule has 0 radical (unpaired) electrons. The number of hydrogen-bond donors (Lipinski definition) is 0. The molecule has 0 saturated carbocycles. The third-order valence-corrected chi connectivity index (χ3v) is 18.2. The number of rotatable bonds is 13. The van der Waals surface area contributed by atoms with Gasteiger partial charge in [0.1, 0.15) is 11.2 Å². The molecule has 3 nitrogen and oxygen atoms in total. The second kappa shape index (κ2) is 22.6. The highest BCUT2D eigenvalue weighted by atomic mass is 32.1. The summed E-state index contributed by atoms with van der Waals surface area (Å²) in [6.07, 6.45) is 0. The van der Waals surface area contributed by atoms with E-state index in [0.29, 0.717) is 0 Å². The summed E-state index contributed by atoms with van der Waals surface area (Å²) in [6.45, 7) is 0. The van der Waals surface area contributed by atoms with E-state index in [-0.39, 0.29) is 0 Å². The summed E-state index contributed by atoms with van der Waals surface area (Å²) in [5, 5.41) is 4.73. The maximum atomic E-state index is 6.42. The molecule has 2 heterocycles. The molecule has 0 bridgehead atoms. The topological polar surface area (TPSA) is 19.6 Å². The maximum absolute atomic E-state index is 6.42. The molecule has 414 valence electrons. The minimum Gasteiger partial charge on any atom is -0.456 e. The van der Waals surface area contributed by atoms with Crippen molar-refractivity contribution in [1.82, 2.24) is 0 Å². The first-order valence-electron chi connectivity index (χ1n) is 29.9. The molecule has 4 heteroatoms. The summed E-state index contributed by atoms with van der Waals surface area (Å²) in [5.41, 5.74) is 23.9. The van der Waals surface area contributed by atoms with E-state index in [1.807, 2.05) is 17.4 Å². The zero-order chi connectivity index (χ0) is 58.3. The van der Waals surface area contributed by atoms with E-state index in [4.69, 9.17) is 4.42 Å². The number of nitrogens with zero attached hydrogens (tertiary/aromatic N) is 2. The zero-order valence-corrected chi connectivity index (χ0v) is 48.9. The standard InChI is InChI=1S/C84H56N2OS/c1-5-17-57(18-6-1)61-29-39-71(40-30-61)85(72-41-31-62(32-42-72)58-19-7-2-8-20-58)75-52-70(53-76(56-75)86(73-43-33-63(34-44-73)59-21-9-3-10-22-59)74-45-35-64(36-46-74)60-23-11-4-12-24-60)69-50-67(65-37-47-82-79(54-65)77-25-13-15-27-81(77)87-82)49-68(51-69)66-38-48-84-80(55-66)78-26-14-16-28-83(78)88-84/h1-56H. The summed E-state index contributed by atoms with van der Waals surface area (Å²) in [4.78, 5) is 4.84. The summed E-state index contributed by atoms with van der Waals surface area (Å²) in [5.74, 6) is 0. The third-order valence-electron chi connectivity index (χ3n) is 17.0. The molecule has 0 aliphatic rings. The van der Waals surface area contributed by atoms with E-state index in [2.05, 4.69) is 343 Å². The van der Waals surface area contributed by atoms with Gasteiger partial charge in [-0.2, -0.15) is 0 Å². The largest absolute Gasteiger partial charge is 0.456 e. The highest BCUT2D eigenvalue weighted by Crippen LogP contribution is 2.47. The van der Waals surface area contributed by atoms with Gasteiger partial charge in [-0.05, 0) is 199 Å². The van der Waals surface area contributed by atoms with E-state index in [1.165, 1.54) is 42.4 Å². The first-order valence-corrected chi connectivity index (χ1v) is 30.7. The molecule has 0 saturated heterocycles. The van der Waals surface area contributed by atoms with Crippen LogP contribution in [-0.2, 0) is 0 Å². The van der Waals surface area contributed by atoms with Crippen LogP contribution in [0.4, 0.5) is 34.1 Å². The third kappa shape index (κ3) is 10.1. The number of anilines is 6. The van der Waals surface area contributed by atoms with E-state index in [1.54, 1.807) is 0 Å². The average molecular weight is 1140 g/mol. The smallest absolute Gasteiger partial charge is 0.135 e. The van der Waals surface area contributed by atoms with Crippen LogP contribution in [0.25, 0.3) is 120 Å². The fraction of sp³-hybridized carbons (Fsp3) is 0. The van der Waals surface area contributed by atoms with Crippen molar-refractivity contribution >= 4 is 87.6 Å². The monoisotopic (exact) mass is 1140 g/mol. The van der Waals surface area contributed by atoms with Gasteiger partial charge in [0, 0.05) is 65.1 Å². The van der Waals surface area contributed by atoms with Gasteiger partial charge in [0.2, 0.25) is 0 Å². The van der Waals surface area contributed by atoms with Crippen molar-refractivity contribution in [2.24, 2.45) is 0 Å². The Bertz CT molecular complexity index is 4670. The Labute approximate surface area is 516 Å². The Morgan fingerprint density at radius 2 is 0.500 bits per heavy atom. The van der Waals surface area contributed by atoms with Crippen molar-refractivity contribution in [3.63, 3.8) is 0 Å². The van der Waals surface area contributed by atoms with Crippen molar-refractivity contribution in [2.75, 3.05) is 9.80 Å². The maximum Gasteiger partial charge on any atom is 0.135 e. The lowest BCUT2D eigenvalue weighted by Crippen LogP contribution is -2.14. The van der Waals surface area contributed by atoms with Gasteiger partial charge in [-0.25, -0.2) is 0 Å². The van der Waals surface area contributed by atoms with Gasteiger partial charge in [-0.3, -0.25) is 0 Å². The van der Waals surface area contributed by atoms with Gasteiger partial charge >= 0.3 is 0 Å². The van der Waals surface area contributed by atoms with Gasteiger partial charge < -0.3 is 14.2 Å². The number of benzene rings is 14. The van der Waals surface area contributed by atoms with Crippen molar-refractivity contribution in [1.29, 1.82) is 0 Å². The van der Waals surface area contributed by atoms with Crippen LogP contribution in [-0.4, -0.2) is 0 Å². The van der Waals surface area contributed by atoms with Gasteiger partial charge in [-0.1, -0.05) is 218 Å². The highest BCUT2D eigenvalue weighted by Gasteiger charge is 2.22. The minimum absolute atomic E-state index is 0.871. The molecule has 0 amide bonds. The van der Waals surface area contributed by atoms with Gasteiger partial charge in [0.25, 0.3) is 0 Å². The quantitative estimate of drug-likeness (QED) is 0.115. The van der Waals surface area contributed by atoms with Crippen LogP contribution in [0.3, 0.4) is 0 Å². The van der Waals surface area contributed by atoms with Crippen molar-refractivity contribution in [3.05, 3.63) is 340 Å². The van der Waals surface area contributed by atoms with E-state index in [9.17, 15) is 0 Å². The predicted molar refractivity (Wildman–Crippen MR) is 374 cm³/mol. The van der Waals surface area contributed by atoms with Gasteiger partial charge in [0.15, 0.2) is 0 Å². The van der Waals surface area contributed by atoms with Crippen LogP contribution in [0.5, 0.6) is 0 Å². The van der Waals surface area contributed by atoms with E-state index in [0.717, 1.165) is 112 Å². The Kier molecular flexibility index (Phi) is 13.4. The fourth-order valence-corrected chi connectivity index (χ4v) is 13.7. The summed E-state index contributed by atoms with van der Waals surface area (Å²) in [6, 6.07) is 124. The molecule has 0 aliphatic carbocycles. The lowest BCUT2D eigenvalue weighted by atomic mass is 9.91. The van der Waals surface area contributed by atoms with E-state index >= 15 is 0 Å². The lowest BCUT2D eigenvalue weighted by molar-refractivity contribution is 0.669. The van der Waals surface area contributed by atoms with Crippen molar-refractivity contribution in [3.8, 4) is 77.9 Å². The van der Waals surface area contributed by atoms with Crippen LogP contribution >= 0.6 is 11.3 Å². The predicted octanol–water partition coefficient (Wildman–Crippen LogP) is 24.6. The molecule has 16 rings (SSSR count). The molecule has 2 aromatic heterocycles. The molecular formula is C84H56N2OS. The van der Waals surface area contributed by atoms with Crippen LogP contribution in [0.2, 0.25) is 0 Å². The molecule has 0 aliphatic heterocycles. The normalized spacial score (nSPS) is 11.4. The van der Waals surface area contributed by atoms with Crippen LogP contribution in [0.15, 0.2) is 344 Å². The minimum atomic E-state index is 0.871. The Hall–Kier alpha value is -11.3. The van der Waals surface area contributed by atoms with Crippen molar-refractivity contribution < 1.29 is 4.42 Å². The molecule has 0 spiro atoms. The first-order chi connectivity index (χ1) is 43.6. The average Bonchev–Trinajstić information content (AvgIpc) is 2.28. The number of para-hydroxylation sites is 1. The first kappa shape index (κ1) is 52.3. The summed E-state index contributed by atoms with van der Waals surface area (Å²) >= 11 is 1.85.